The Kier molecular flexibility index (Phi) is 7.26. The summed E-state index contributed by atoms with van der Waals surface area (Å²) in [5.41, 5.74) is 2.27. The predicted octanol–water partition coefficient (Wildman–Crippen LogP) is 3.73. The molecule has 0 bridgehead atoms. The first kappa shape index (κ1) is 21.9. The molecule has 0 aliphatic heterocycles. The lowest BCUT2D eigenvalue weighted by Crippen LogP contribution is -2.41. The topological polar surface area (TPSA) is 91.3 Å². The number of hydrogen-bond donors (Lipinski definition) is 3. The normalized spacial score (nSPS) is 12.5. The highest BCUT2D eigenvalue weighted by atomic mass is 16.2. The monoisotopic (exact) mass is 420 g/mol. The minimum Gasteiger partial charge on any atom is -0.370 e. The van der Waals surface area contributed by atoms with Crippen LogP contribution in [0.4, 0.5) is 21.9 Å². The lowest BCUT2D eigenvalue weighted by atomic mass is 10.2. The van der Waals surface area contributed by atoms with E-state index in [1.807, 2.05) is 44.3 Å². The van der Waals surface area contributed by atoms with Crippen molar-refractivity contribution in [1.82, 2.24) is 15.1 Å². The van der Waals surface area contributed by atoms with Crippen LogP contribution in [-0.2, 0) is 4.79 Å². The van der Waals surface area contributed by atoms with Crippen LogP contribution in [0.1, 0.15) is 19.9 Å². The number of benzene rings is 2. The first-order valence-corrected chi connectivity index (χ1v) is 10.2. The van der Waals surface area contributed by atoms with Gasteiger partial charge in [0.2, 0.25) is 5.91 Å². The molecular formula is C23H28N6O2. The molecule has 0 aliphatic carbocycles. The first-order valence-electron chi connectivity index (χ1n) is 10.2. The van der Waals surface area contributed by atoms with Crippen molar-refractivity contribution < 1.29 is 9.59 Å². The number of rotatable bonds is 8. The van der Waals surface area contributed by atoms with Gasteiger partial charge in [-0.25, -0.2) is 4.79 Å². The van der Waals surface area contributed by atoms with Crippen molar-refractivity contribution in [2.75, 3.05) is 29.1 Å². The molecule has 3 rings (SSSR count). The molecule has 2 atom stereocenters. The lowest BCUT2D eigenvalue weighted by molar-refractivity contribution is -0.119. The Morgan fingerprint density at radius 2 is 1.71 bits per heavy atom. The molecule has 3 N–H and O–H groups in total. The van der Waals surface area contributed by atoms with Gasteiger partial charge in [0, 0.05) is 49.1 Å². The molecule has 162 valence electrons. The number of nitrogens with one attached hydrogen (secondary N) is 3. The Labute approximate surface area is 182 Å². The van der Waals surface area contributed by atoms with E-state index in [-0.39, 0.29) is 18.0 Å². The van der Waals surface area contributed by atoms with Crippen LogP contribution >= 0.6 is 0 Å². The van der Waals surface area contributed by atoms with Gasteiger partial charge in [0.15, 0.2) is 0 Å². The Bertz CT molecular complexity index is 990. The fourth-order valence-electron chi connectivity index (χ4n) is 3.02. The lowest BCUT2D eigenvalue weighted by Gasteiger charge is -2.27. The maximum Gasteiger partial charge on any atom is 0.319 e. The third-order valence-electron chi connectivity index (χ3n) is 5.07. The van der Waals surface area contributed by atoms with Crippen LogP contribution in [0.5, 0.6) is 0 Å². The molecule has 8 heteroatoms. The smallest absolute Gasteiger partial charge is 0.319 e. The number of carbonyl (C=O) groups excluding carboxylic acids is 2. The van der Waals surface area contributed by atoms with Gasteiger partial charge in [-0.1, -0.05) is 24.3 Å². The summed E-state index contributed by atoms with van der Waals surface area (Å²) in [5.74, 6) is -0.192. The number of anilines is 3. The minimum absolute atomic E-state index is 0.113. The van der Waals surface area contributed by atoms with E-state index < -0.39 is 6.04 Å². The van der Waals surface area contributed by atoms with Crippen LogP contribution in [0.25, 0.3) is 0 Å². The van der Waals surface area contributed by atoms with Crippen molar-refractivity contribution in [3.05, 3.63) is 73.1 Å². The van der Waals surface area contributed by atoms with E-state index in [2.05, 4.69) is 25.9 Å². The molecule has 1 aromatic heterocycles. The highest BCUT2D eigenvalue weighted by molar-refractivity contribution is 5.95. The average molecular weight is 421 g/mol. The summed E-state index contributed by atoms with van der Waals surface area (Å²) >= 11 is 0. The van der Waals surface area contributed by atoms with Gasteiger partial charge in [0.05, 0.1) is 0 Å². The predicted molar refractivity (Wildman–Crippen MR) is 123 cm³/mol. The SMILES string of the molecule is C[C@H](C(=O)Nc1cccc(NC(=O)NC[C@H](C)N(C)c2ccccc2)c1)n1cccn1. The van der Waals surface area contributed by atoms with Crippen molar-refractivity contribution in [1.29, 1.82) is 0 Å². The van der Waals surface area contributed by atoms with Crippen LogP contribution < -0.4 is 20.9 Å². The van der Waals surface area contributed by atoms with E-state index in [0.717, 1.165) is 5.69 Å². The third-order valence-corrected chi connectivity index (χ3v) is 5.07. The molecule has 1 heterocycles. The van der Waals surface area contributed by atoms with E-state index in [1.165, 1.54) is 0 Å². The maximum atomic E-state index is 12.4. The van der Waals surface area contributed by atoms with Crippen molar-refractivity contribution in [2.24, 2.45) is 0 Å². The number of amides is 3. The zero-order chi connectivity index (χ0) is 22.2. The van der Waals surface area contributed by atoms with E-state index in [1.54, 1.807) is 54.3 Å². The largest absolute Gasteiger partial charge is 0.370 e. The zero-order valence-corrected chi connectivity index (χ0v) is 17.9. The van der Waals surface area contributed by atoms with Crippen LogP contribution in [0, 0.1) is 0 Å². The number of urea groups is 1. The summed E-state index contributed by atoms with van der Waals surface area (Å²) in [6, 6.07) is 18.2. The molecule has 2 aromatic carbocycles. The molecule has 8 nitrogen and oxygen atoms in total. The van der Waals surface area contributed by atoms with Crippen molar-refractivity contribution in [2.45, 2.75) is 25.9 Å². The molecule has 3 aromatic rings. The van der Waals surface area contributed by atoms with Gasteiger partial charge in [-0.3, -0.25) is 9.48 Å². The highest BCUT2D eigenvalue weighted by Gasteiger charge is 2.15. The van der Waals surface area contributed by atoms with Crippen molar-refractivity contribution >= 4 is 29.0 Å². The molecule has 0 saturated carbocycles. The van der Waals surface area contributed by atoms with Gasteiger partial charge in [0.1, 0.15) is 6.04 Å². The summed E-state index contributed by atoms with van der Waals surface area (Å²) in [6.45, 7) is 4.30. The van der Waals surface area contributed by atoms with Crippen molar-refractivity contribution in [3.63, 3.8) is 0 Å². The number of carbonyl (C=O) groups is 2. The standard InChI is InChI=1S/C23H28N6O2/c1-17(28(3)21-11-5-4-6-12-21)16-24-23(31)27-20-10-7-9-19(15-20)26-22(30)18(2)29-14-8-13-25-29/h4-15,17-18H,16H2,1-3H3,(H,26,30)(H2,24,27,31)/t17-,18+/m0/s1. The van der Waals surface area contributed by atoms with Gasteiger partial charge in [-0.2, -0.15) is 5.10 Å². The summed E-state index contributed by atoms with van der Waals surface area (Å²) in [4.78, 5) is 26.9. The molecular weight excluding hydrogens is 392 g/mol. The Balaban J connectivity index is 1.50. The molecule has 31 heavy (non-hydrogen) atoms. The van der Waals surface area contributed by atoms with Gasteiger partial charge < -0.3 is 20.9 Å². The molecule has 0 spiro atoms. The van der Waals surface area contributed by atoms with E-state index in [0.29, 0.717) is 17.9 Å². The number of para-hydroxylation sites is 1. The van der Waals surface area contributed by atoms with E-state index in [4.69, 9.17) is 0 Å². The summed E-state index contributed by atoms with van der Waals surface area (Å²) < 4.78 is 1.58. The molecule has 0 aliphatic rings. The number of nitrogens with zero attached hydrogens (tertiary/aromatic N) is 3. The highest BCUT2D eigenvalue weighted by Crippen LogP contribution is 2.17. The van der Waals surface area contributed by atoms with Gasteiger partial charge in [-0.15, -0.1) is 0 Å². The minimum atomic E-state index is -0.446. The fourth-order valence-corrected chi connectivity index (χ4v) is 3.02. The quantitative estimate of drug-likeness (QED) is 0.518. The summed E-state index contributed by atoms with van der Waals surface area (Å²) in [7, 11) is 2.00. The Morgan fingerprint density at radius 3 is 2.39 bits per heavy atom. The van der Waals surface area contributed by atoms with Gasteiger partial charge >= 0.3 is 6.03 Å². The average Bonchev–Trinajstić information content (AvgIpc) is 3.32. The summed E-state index contributed by atoms with van der Waals surface area (Å²) in [6.07, 6.45) is 3.37. The second kappa shape index (κ2) is 10.3. The van der Waals surface area contributed by atoms with Crippen LogP contribution in [0.3, 0.4) is 0 Å². The maximum absolute atomic E-state index is 12.4. The van der Waals surface area contributed by atoms with Gasteiger partial charge in [-0.05, 0) is 50.2 Å². The number of likely N-dealkylation sites (N-methyl/N-ethyl adjacent to an activating group) is 1. The number of hydrogen-bond acceptors (Lipinski definition) is 4. The zero-order valence-electron chi connectivity index (χ0n) is 17.9. The van der Waals surface area contributed by atoms with E-state index in [9.17, 15) is 9.59 Å². The molecule has 3 amide bonds. The third kappa shape index (κ3) is 6.08. The molecule has 0 saturated heterocycles. The molecule has 0 fully saturated rings. The summed E-state index contributed by atoms with van der Waals surface area (Å²) in [5, 5.41) is 12.6. The first-order chi connectivity index (χ1) is 14.9. The number of aromatic nitrogens is 2. The van der Waals surface area contributed by atoms with Crippen LogP contribution in [0.2, 0.25) is 0 Å². The Morgan fingerprint density at radius 1 is 1.00 bits per heavy atom. The van der Waals surface area contributed by atoms with Crippen LogP contribution in [-0.4, -0.2) is 41.4 Å². The molecule has 0 unspecified atom stereocenters. The van der Waals surface area contributed by atoms with E-state index >= 15 is 0 Å². The van der Waals surface area contributed by atoms with Crippen molar-refractivity contribution in [3.8, 4) is 0 Å². The molecule has 0 radical (unpaired) electrons. The second-order valence-corrected chi connectivity index (χ2v) is 7.36. The fraction of sp³-hybridized carbons (Fsp3) is 0.261. The Hall–Kier alpha value is -3.81. The van der Waals surface area contributed by atoms with Gasteiger partial charge in [0.25, 0.3) is 0 Å². The van der Waals surface area contributed by atoms with Crippen LogP contribution in [0.15, 0.2) is 73.1 Å². The second-order valence-electron chi connectivity index (χ2n) is 7.36.